The van der Waals surface area contributed by atoms with Crippen LogP contribution in [0.2, 0.25) is 0 Å². The first-order chi connectivity index (χ1) is 10.1. The minimum atomic E-state index is 0. The molecule has 1 aliphatic rings. The molecule has 0 bridgehead atoms. The summed E-state index contributed by atoms with van der Waals surface area (Å²) in [6.07, 6.45) is 2.05. The van der Waals surface area contributed by atoms with E-state index in [2.05, 4.69) is 28.0 Å². The minimum absolute atomic E-state index is 0. The normalized spacial score (nSPS) is 19.1. The Bertz CT molecular complexity index is 614. The fourth-order valence-electron chi connectivity index (χ4n) is 2.70. The number of anilines is 1. The highest BCUT2D eigenvalue weighted by molar-refractivity contribution is 7.15. The molecule has 1 atom stereocenters. The summed E-state index contributed by atoms with van der Waals surface area (Å²) in [6.45, 7) is 8.43. The van der Waals surface area contributed by atoms with Gasteiger partial charge in [0.15, 0.2) is 5.13 Å². The first-order valence-electron chi connectivity index (χ1n) is 7.15. The van der Waals surface area contributed by atoms with Crippen LogP contribution < -0.4 is 5.73 Å². The van der Waals surface area contributed by atoms with Crippen LogP contribution in [0.25, 0.3) is 0 Å². The zero-order valence-corrected chi connectivity index (χ0v) is 14.5. The molecule has 0 amide bonds. The first kappa shape index (κ1) is 17.2. The number of ether oxygens (including phenoxy) is 1. The number of halogens is 1. The molecular formula is C14H22ClN5OS. The Morgan fingerprint density at radius 3 is 2.91 bits per heavy atom. The van der Waals surface area contributed by atoms with E-state index in [1.54, 1.807) is 11.3 Å². The van der Waals surface area contributed by atoms with Gasteiger partial charge in [-0.05, 0) is 19.9 Å². The van der Waals surface area contributed by atoms with Gasteiger partial charge in [0.2, 0.25) is 0 Å². The Kier molecular flexibility index (Phi) is 5.80. The van der Waals surface area contributed by atoms with E-state index in [4.69, 9.17) is 10.5 Å². The van der Waals surface area contributed by atoms with E-state index in [9.17, 15) is 0 Å². The predicted molar refractivity (Wildman–Crippen MR) is 90.5 cm³/mol. The van der Waals surface area contributed by atoms with Crippen LogP contribution in [-0.2, 0) is 17.8 Å². The fourth-order valence-corrected chi connectivity index (χ4v) is 3.43. The molecule has 3 rings (SSSR count). The van der Waals surface area contributed by atoms with E-state index < -0.39 is 0 Å². The third kappa shape index (κ3) is 4.19. The number of nitrogens with two attached hydrogens (primary N) is 1. The van der Waals surface area contributed by atoms with Crippen LogP contribution in [-0.4, -0.2) is 45.5 Å². The van der Waals surface area contributed by atoms with Crippen molar-refractivity contribution in [2.75, 3.05) is 25.4 Å². The molecule has 2 N–H and O–H groups in total. The van der Waals surface area contributed by atoms with Crippen molar-refractivity contribution in [2.24, 2.45) is 0 Å². The lowest BCUT2D eigenvalue weighted by molar-refractivity contribution is -0.0402. The Labute approximate surface area is 140 Å². The maximum atomic E-state index is 5.88. The summed E-state index contributed by atoms with van der Waals surface area (Å²) < 4.78 is 7.92. The highest BCUT2D eigenvalue weighted by Crippen LogP contribution is 2.18. The van der Waals surface area contributed by atoms with Gasteiger partial charge in [-0.3, -0.25) is 9.58 Å². The number of rotatable bonds is 4. The second kappa shape index (κ2) is 7.41. The van der Waals surface area contributed by atoms with Crippen LogP contribution in [0.1, 0.15) is 16.3 Å². The molecule has 0 spiro atoms. The van der Waals surface area contributed by atoms with Crippen LogP contribution >= 0.6 is 23.7 Å². The quantitative estimate of drug-likeness (QED) is 0.917. The van der Waals surface area contributed by atoms with Crippen molar-refractivity contribution in [1.29, 1.82) is 0 Å². The smallest absolute Gasteiger partial charge is 0.180 e. The number of nitrogen functional groups attached to an aromatic ring is 1. The topological polar surface area (TPSA) is 69.2 Å². The summed E-state index contributed by atoms with van der Waals surface area (Å²) in [5.74, 6) is 0. The molecule has 122 valence electrons. The van der Waals surface area contributed by atoms with Gasteiger partial charge in [0.25, 0.3) is 0 Å². The van der Waals surface area contributed by atoms with Gasteiger partial charge < -0.3 is 10.5 Å². The molecule has 0 aromatic carbocycles. The standard InChI is InChI=1S/C14H21N5OS.ClH/c1-10-5-11(2)19(17-10)8-12-7-18(3-4-20-12)9-13-6-16-14(15)21-13;/h5-6,12H,3-4,7-9H2,1-2H3,(H2,15,16);1H. The molecule has 2 aromatic rings. The van der Waals surface area contributed by atoms with Crippen molar-refractivity contribution in [2.45, 2.75) is 33.0 Å². The van der Waals surface area contributed by atoms with E-state index >= 15 is 0 Å². The number of thiazole rings is 1. The average Bonchev–Trinajstić information content (AvgIpc) is 2.96. The summed E-state index contributed by atoms with van der Waals surface area (Å²) >= 11 is 1.56. The summed E-state index contributed by atoms with van der Waals surface area (Å²) in [6, 6.07) is 2.10. The largest absolute Gasteiger partial charge is 0.375 e. The zero-order valence-electron chi connectivity index (χ0n) is 12.9. The van der Waals surface area contributed by atoms with E-state index in [0.29, 0.717) is 5.13 Å². The average molecular weight is 344 g/mol. The van der Waals surface area contributed by atoms with Gasteiger partial charge in [0, 0.05) is 36.4 Å². The summed E-state index contributed by atoms with van der Waals surface area (Å²) in [5.41, 5.74) is 7.92. The van der Waals surface area contributed by atoms with Crippen molar-refractivity contribution in [1.82, 2.24) is 19.7 Å². The van der Waals surface area contributed by atoms with Gasteiger partial charge in [0.1, 0.15) is 0 Å². The molecular weight excluding hydrogens is 322 g/mol. The van der Waals surface area contributed by atoms with Crippen LogP contribution in [0.3, 0.4) is 0 Å². The first-order valence-corrected chi connectivity index (χ1v) is 7.97. The highest BCUT2D eigenvalue weighted by Gasteiger charge is 2.22. The molecule has 1 aliphatic heterocycles. The Morgan fingerprint density at radius 2 is 2.27 bits per heavy atom. The summed E-state index contributed by atoms with van der Waals surface area (Å²) in [7, 11) is 0. The van der Waals surface area contributed by atoms with E-state index in [1.165, 1.54) is 10.6 Å². The second-order valence-corrected chi connectivity index (χ2v) is 6.65. The van der Waals surface area contributed by atoms with Gasteiger partial charge in [-0.25, -0.2) is 4.98 Å². The highest BCUT2D eigenvalue weighted by atomic mass is 35.5. The number of nitrogens with zero attached hydrogens (tertiary/aromatic N) is 4. The van der Waals surface area contributed by atoms with Crippen molar-refractivity contribution >= 4 is 28.9 Å². The Balaban J connectivity index is 0.00000176. The molecule has 6 nitrogen and oxygen atoms in total. The molecule has 1 fully saturated rings. The van der Waals surface area contributed by atoms with E-state index in [1.807, 2.05) is 17.8 Å². The maximum Gasteiger partial charge on any atom is 0.180 e. The molecule has 1 unspecified atom stereocenters. The van der Waals surface area contributed by atoms with Crippen molar-refractivity contribution in [3.8, 4) is 0 Å². The number of hydrogen-bond donors (Lipinski definition) is 1. The lowest BCUT2D eigenvalue weighted by atomic mass is 10.2. The van der Waals surface area contributed by atoms with Crippen molar-refractivity contribution < 1.29 is 4.74 Å². The second-order valence-electron chi connectivity index (χ2n) is 5.50. The third-order valence-corrected chi connectivity index (χ3v) is 4.46. The van der Waals surface area contributed by atoms with Crippen molar-refractivity contribution in [3.05, 3.63) is 28.5 Å². The van der Waals surface area contributed by atoms with Gasteiger partial charge in [-0.1, -0.05) is 0 Å². The number of aromatic nitrogens is 3. The predicted octanol–water partition coefficient (Wildman–Crippen LogP) is 1.86. The fraction of sp³-hybridized carbons (Fsp3) is 0.571. The van der Waals surface area contributed by atoms with Gasteiger partial charge in [-0.2, -0.15) is 5.10 Å². The lowest BCUT2D eigenvalue weighted by Crippen LogP contribution is -2.43. The van der Waals surface area contributed by atoms with Gasteiger partial charge in [0.05, 0.1) is 24.9 Å². The van der Waals surface area contributed by atoms with E-state index in [0.717, 1.165) is 38.5 Å². The van der Waals surface area contributed by atoms with Gasteiger partial charge >= 0.3 is 0 Å². The minimum Gasteiger partial charge on any atom is -0.375 e. The molecule has 3 heterocycles. The third-order valence-electron chi connectivity index (χ3n) is 3.65. The molecule has 22 heavy (non-hydrogen) atoms. The van der Waals surface area contributed by atoms with Crippen LogP contribution in [0, 0.1) is 13.8 Å². The Morgan fingerprint density at radius 1 is 1.45 bits per heavy atom. The molecule has 1 saturated heterocycles. The molecule has 8 heteroatoms. The number of morpholine rings is 1. The zero-order chi connectivity index (χ0) is 14.8. The Hall–Kier alpha value is -1.15. The number of aryl methyl sites for hydroxylation is 2. The summed E-state index contributed by atoms with van der Waals surface area (Å²) in [5, 5.41) is 5.15. The monoisotopic (exact) mass is 343 g/mol. The SMILES string of the molecule is Cc1cc(C)n(CC2CN(Cc3cnc(N)s3)CCO2)n1.Cl. The van der Waals surface area contributed by atoms with Crippen molar-refractivity contribution in [3.63, 3.8) is 0 Å². The lowest BCUT2D eigenvalue weighted by Gasteiger charge is -2.32. The molecule has 0 radical (unpaired) electrons. The maximum absolute atomic E-state index is 5.88. The van der Waals surface area contributed by atoms with Crippen LogP contribution in [0.15, 0.2) is 12.3 Å². The van der Waals surface area contributed by atoms with Crippen LogP contribution in [0.4, 0.5) is 5.13 Å². The molecule has 0 saturated carbocycles. The molecule has 2 aromatic heterocycles. The van der Waals surface area contributed by atoms with Gasteiger partial charge in [-0.15, -0.1) is 23.7 Å². The number of hydrogen-bond acceptors (Lipinski definition) is 6. The molecule has 0 aliphatic carbocycles. The van der Waals surface area contributed by atoms with Crippen LogP contribution in [0.5, 0.6) is 0 Å². The summed E-state index contributed by atoms with van der Waals surface area (Å²) in [4.78, 5) is 7.71. The van der Waals surface area contributed by atoms with E-state index in [-0.39, 0.29) is 18.5 Å².